The minimum Gasteiger partial charge on any atom is -0.257 e. The summed E-state index contributed by atoms with van der Waals surface area (Å²) < 4.78 is 0. The number of rotatable bonds is 2. The molecule has 3 rings (SSSR count). The van der Waals surface area contributed by atoms with Crippen molar-refractivity contribution in [3.63, 3.8) is 0 Å². The predicted molar refractivity (Wildman–Crippen MR) is 82.0 cm³/mol. The fourth-order valence-corrected chi connectivity index (χ4v) is 3.38. The Labute approximate surface area is 116 Å². The smallest absolute Gasteiger partial charge is 0.0629 e. The zero-order valence-electron chi connectivity index (χ0n) is 11.6. The summed E-state index contributed by atoms with van der Waals surface area (Å²) in [5.41, 5.74) is 4.24. The van der Waals surface area contributed by atoms with Gasteiger partial charge >= 0.3 is 0 Å². The normalized spacial score (nSPS) is 26.2. The maximum atomic E-state index is 4.95. The molecule has 0 spiro atoms. The highest BCUT2D eigenvalue weighted by Crippen LogP contribution is 2.34. The van der Waals surface area contributed by atoms with Crippen molar-refractivity contribution >= 4 is 11.4 Å². The van der Waals surface area contributed by atoms with Gasteiger partial charge in [-0.05, 0) is 57.1 Å². The van der Waals surface area contributed by atoms with Gasteiger partial charge in [0.25, 0.3) is 0 Å². The fraction of sp³-hybridized carbons (Fsp3) is 0.500. The lowest BCUT2D eigenvalue weighted by Crippen LogP contribution is -2.22. The maximum Gasteiger partial charge on any atom is 0.0629 e. The number of allylic oxidation sites excluding steroid dienone is 2. The molecule has 1 aromatic rings. The van der Waals surface area contributed by atoms with Crippen LogP contribution in [0.15, 0.2) is 47.0 Å². The number of hydrogen-bond acceptors (Lipinski definition) is 1. The van der Waals surface area contributed by atoms with Gasteiger partial charge in [-0.2, -0.15) is 0 Å². The van der Waals surface area contributed by atoms with E-state index in [0.29, 0.717) is 5.92 Å². The molecule has 0 bridgehead atoms. The third-order valence-corrected chi connectivity index (χ3v) is 4.38. The lowest BCUT2D eigenvalue weighted by atomic mass is 9.78. The SMILES string of the molecule is C1=C(C2CCCCC2=Nc2ccccc2)CCCC1. The molecule has 1 fully saturated rings. The average molecular weight is 253 g/mol. The van der Waals surface area contributed by atoms with Crippen LogP contribution in [-0.4, -0.2) is 5.71 Å². The van der Waals surface area contributed by atoms with Crippen molar-refractivity contribution in [2.45, 2.75) is 51.4 Å². The van der Waals surface area contributed by atoms with E-state index in [1.54, 1.807) is 5.57 Å². The number of aliphatic imine (C=N–C) groups is 1. The Kier molecular flexibility index (Phi) is 4.12. The number of para-hydroxylation sites is 1. The molecule has 2 aliphatic rings. The largest absolute Gasteiger partial charge is 0.257 e. The molecule has 1 nitrogen and oxygen atoms in total. The summed E-state index contributed by atoms with van der Waals surface area (Å²) in [7, 11) is 0. The molecule has 0 saturated heterocycles. The van der Waals surface area contributed by atoms with Crippen molar-refractivity contribution < 1.29 is 0 Å². The standard InChI is InChI=1S/C18H23N/c1-3-9-15(10-4-1)17-13-7-8-14-18(17)19-16-11-5-2-6-12-16/h2,5-6,9,11-12,17H,1,3-4,7-8,10,13-14H2. The first-order chi connectivity index (χ1) is 9.43. The fourth-order valence-electron chi connectivity index (χ4n) is 3.38. The first-order valence-electron chi connectivity index (χ1n) is 7.75. The van der Waals surface area contributed by atoms with Gasteiger partial charge in [0.15, 0.2) is 0 Å². The van der Waals surface area contributed by atoms with Crippen molar-refractivity contribution in [3.05, 3.63) is 42.0 Å². The molecule has 0 aromatic heterocycles. The lowest BCUT2D eigenvalue weighted by molar-refractivity contribution is 0.541. The summed E-state index contributed by atoms with van der Waals surface area (Å²) in [6.07, 6.45) is 13.0. The first-order valence-corrected chi connectivity index (χ1v) is 7.75. The monoisotopic (exact) mass is 253 g/mol. The zero-order chi connectivity index (χ0) is 12.9. The summed E-state index contributed by atoms with van der Waals surface area (Å²) in [5.74, 6) is 0.647. The van der Waals surface area contributed by atoms with Gasteiger partial charge in [-0.3, -0.25) is 4.99 Å². The highest BCUT2D eigenvalue weighted by molar-refractivity contribution is 5.91. The van der Waals surface area contributed by atoms with Gasteiger partial charge in [-0.15, -0.1) is 0 Å². The van der Waals surface area contributed by atoms with E-state index in [1.165, 1.54) is 57.1 Å². The van der Waals surface area contributed by atoms with E-state index in [-0.39, 0.29) is 0 Å². The highest BCUT2D eigenvalue weighted by atomic mass is 14.8. The molecule has 1 atom stereocenters. The molecule has 19 heavy (non-hydrogen) atoms. The summed E-state index contributed by atoms with van der Waals surface area (Å²) in [6.45, 7) is 0. The van der Waals surface area contributed by atoms with E-state index < -0.39 is 0 Å². The van der Waals surface area contributed by atoms with Crippen LogP contribution in [0.3, 0.4) is 0 Å². The van der Waals surface area contributed by atoms with Crippen molar-refractivity contribution in [1.82, 2.24) is 0 Å². The number of benzene rings is 1. The summed E-state index contributed by atoms with van der Waals surface area (Å²) >= 11 is 0. The summed E-state index contributed by atoms with van der Waals surface area (Å²) in [6, 6.07) is 10.5. The third-order valence-electron chi connectivity index (χ3n) is 4.38. The van der Waals surface area contributed by atoms with Crippen LogP contribution in [-0.2, 0) is 0 Å². The van der Waals surface area contributed by atoms with Crippen LogP contribution >= 0.6 is 0 Å². The molecule has 100 valence electrons. The summed E-state index contributed by atoms with van der Waals surface area (Å²) in [5, 5.41) is 0. The quantitative estimate of drug-likeness (QED) is 0.621. The number of nitrogens with zero attached hydrogens (tertiary/aromatic N) is 1. The molecular formula is C18H23N. The second-order valence-corrected chi connectivity index (χ2v) is 5.76. The van der Waals surface area contributed by atoms with Crippen LogP contribution in [0.2, 0.25) is 0 Å². The van der Waals surface area contributed by atoms with Gasteiger partial charge in [-0.25, -0.2) is 0 Å². The Morgan fingerprint density at radius 2 is 1.74 bits per heavy atom. The van der Waals surface area contributed by atoms with E-state index >= 15 is 0 Å². The molecule has 1 saturated carbocycles. The van der Waals surface area contributed by atoms with Crippen LogP contribution in [0.1, 0.15) is 51.4 Å². The van der Waals surface area contributed by atoms with Gasteiger partial charge in [0.2, 0.25) is 0 Å². The molecule has 0 radical (unpaired) electrons. The average Bonchev–Trinajstić information content (AvgIpc) is 2.50. The third kappa shape index (κ3) is 3.15. The Morgan fingerprint density at radius 1 is 0.895 bits per heavy atom. The second-order valence-electron chi connectivity index (χ2n) is 5.76. The zero-order valence-corrected chi connectivity index (χ0v) is 11.6. The van der Waals surface area contributed by atoms with Gasteiger partial charge in [0.1, 0.15) is 0 Å². The minimum absolute atomic E-state index is 0.647. The minimum atomic E-state index is 0.647. The van der Waals surface area contributed by atoms with Crippen molar-refractivity contribution in [2.24, 2.45) is 10.9 Å². The van der Waals surface area contributed by atoms with E-state index in [0.717, 1.165) is 5.69 Å². The van der Waals surface area contributed by atoms with Crippen LogP contribution < -0.4 is 0 Å². The predicted octanol–water partition coefficient (Wildman–Crippen LogP) is 5.45. The lowest BCUT2D eigenvalue weighted by Gasteiger charge is -2.28. The van der Waals surface area contributed by atoms with E-state index in [1.807, 2.05) is 0 Å². The summed E-state index contributed by atoms with van der Waals surface area (Å²) in [4.78, 5) is 4.95. The Balaban J connectivity index is 1.84. The Hall–Kier alpha value is -1.37. The van der Waals surface area contributed by atoms with Gasteiger partial charge in [0.05, 0.1) is 5.69 Å². The molecule has 1 aromatic carbocycles. The molecule has 2 aliphatic carbocycles. The highest BCUT2D eigenvalue weighted by Gasteiger charge is 2.24. The van der Waals surface area contributed by atoms with Crippen LogP contribution in [0, 0.1) is 5.92 Å². The van der Waals surface area contributed by atoms with Crippen molar-refractivity contribution in [3.8, 4) is 0 Å². The van der Waals surface area contributed by atoms with Gasteiger partial charge < -0.3 is 0 Å². The first kappa shape index (κ1) is 12.7. The van der Waals surface area contributed by atoms with Crippen molar-refractivity contribution in [1.29, 1.82) is 0 Å². The topological polar surface area (TPSA) is 12.4 Å². The van der Waals surface area contributed by atoms with Crippen LogP contribution in [0.5, 0.6) is 0 Å². The molecule has 1 unspecified atom stereocenters. The van der Waals surface area contributed by atoms with E-state index in [2.05, 4.69) is 36.4 Å². The molecule has 0 aliphatic heterocycles. The van der Waals surface area contributed by atoms with Crippen LogP contribution in [0.4, 0.5) is 5.69 Å². The second kappa shape index (κ2) is 6.18. The molecule has 0 N–H and O–H groups in total. The molecule has 0 heterocycles. The maximum absolute atomic E-state index is 4.95. The molecular weight excluding hydrogens is 230 g/mol. The van der Waals surface area contributed by atoms with Gasteiger partial charge in [-0.1, -0.05) is 36.3 Å². The van der Waals surface area contributed by atoms with E-state index in [9.17, 15) is 0 Å². The van der Waals surface area contributed by atoms with Gasteiger partial charge in [0, 0.05) is 11.6 Å². The number of hydrogen-bond donors (Lipinski definition) is 0. The van der Waals surface area contributed by atoms with Crippen LogP contribution in [0.25, 0.3) is 0 Å². The van der Waals surface area contributed by atoms with Crippen molar-refractivity contribution in [2.75, 3.05) is 0 Å². The molecule has 0 amide bonds. The van der Waals surface area contributed by atoms with E-state index in [4.69, 9.17) is 4.99 Å². The molecule has 1 heteroatoms. The Bertz CT molecular complexity index is 470. The Morgan fingerprint density at radius 3 is 2.53 bits per heavy atom.